The summed E-state index contributed by atoms with van der Waals surface area (Å²) >= 11 is 6.04. The number of H-pyrrole nitrogens is 1. The summed E-state index contributed by atoms with van der Waals surface area (Å²) in [5.41, 5.74) is 4.86. The molecule has 1 aliphatic heterocycles. The van der Waals surface area contributed by atoms with Gasteiger partial charge >= 0.3 is 0 Å². The molecule has 0 unspecified atom stereocenters. The summed E-state index contributed by atoms with van der Waals surface area (Å²) in [6, 6.07) is 11.6. The minimum absolute atomic E-state index is 0.00567. The fourth-order valence-corrected chi connectivity index (χ4v) is 3.73. The van der Waals surface area contributed by atoms with Crippen molar-refractivity contribution in [3.05, 3.63) is 75.9 Å². The van der Waals surface area contributed by atoms with Crippen LogP contribution in [0.4, 0.5) is 14.5 Å². The van der Waals surface area contributed by atoms with E-state index in [9.17, 15) is 8.78 Å². The normalized spacial score (nSPS) is 13.8. The van der Waals surface area contributed by atoms with Crippen LogP contribution in [0, 0.1) is 18.6 Å². The van der Waals surface area contributed by atoms with Crippen LogP contribution in [0.25, 0.3) is 11.3 Å². The van der Waals surface area contributed by atoms with Crippen LogP contribution in [0.3, 0.4) is 0 Å². The van der Waals surface area contributed by atoms with Gasteiger partial charge in [0, 0.05) is 35.9 Å². The Labute approximate surface area is 150 Å². The number of hydrogen-bond donors (Lipinski definition) is 1. The molecule has 3 aromatic rings. The number of hydrogen-bond acceptors (Lipinski definition) is 1. The second-order valence-electron chi connectivity index (χ2n) is 6.39. The number of anilines is 1. The average Bonchev–Trinajstić information content (AvgIpc) is 2.97. The van der Waals surface area contributed by atoms with Crippen LogP contribution in [0.5, 0.6) is 0 Å². The van der Waals surface area contributed by atoms with Gasteiger partial charge in [0.2, 0.25) is 0 Å². The van der Waals surface area contributed by atoms with E-state index >= 15 is 0 Å². The predicted molar refractivity (Wildman–Crippen MR) is 97.1 cm³/mol. The van der Waals surface area contributed by atoms with Crippen molar-refractivity contribution in [1.29, 1.82) is 0 Å². The first-order valence-electron chi connectivity index (χ1n) is 8.19. The van der Waals surface area contributed by atoms with Crippen molar-refractivity contribution in [3.63, 3.8) is 0 Å². The Bertz CT molecular complexity index is 929. The number of aromatic amines is 1. The molecule has 2 aromatic carbocycles. The second-order valence-corrected chi connectivity index (χ2v) is 6.82. The number of rotatable bonds is 2. The molecule has 1 aromatic heterocycles. The van der Waals surface area contributed by atoms with Crippen molar-refractivity contribution in [3.8, 4) is 11.3 Å². The minimum Gasteiger partial charge on any atom is -0.367 e. The van der Waals surface area contributed by atoms with Crippen molar-refractivity contribution >= 4 is 17.3 Å². The number of aryl methyl sites for hydroxylation is 1. The van der Waals surface area contributed by atoms with E-state index in [1.807, 2.05) is 31.2 Å². The molecular weight excluding hydrogens is 342 g/mol. The molecule has 128 valence electrons. The standard InChI is InChI=1S/C20H17ClF2N2/c1-12-9-14(21)5-6-19(12)25-8-7-17-13(11-25)10-18(24-17)20-15(22)3-2-4-16(20)23/h2-6,9-10,24H,7-8,11H2,1H3. The summed E-state index contributed by atoms with van der Waals surface area (Å²) < 4.78 is 28.1. The fraction of sp³-hybridized carbons (Fsp3) is 0.200. The molecule has 0 saturated carbocycles. The van der Waals surface area contributed by atoms with Crippen molar-refractivity contribution in [2.24, 2.45) is 0 Å². The number of nitrogens with one attached hydrogen (secondary N) is 1. The van der Waals surface area contributed by atoms with Gasteiger partial charge in [-0.05, 0) is 54.4 Å². The topological polar surface area (TPSA) is 19.0 Å². The Hall–Kier alpha value is -2.33. The Balaban J connectivity index is 1.68. The lowest BCUT2D eigenvalue weighted by atomic mass is 10.0. The van der Waals surface area contributed by atoms with Gasteiger partial charge in [0.25, 0.3) is 0 Å². The van der Waals surface area contributed by atoms with E-state index in [0.717, 1.165) is 40.5 Å². The van der Waals surface area contributed by atoms with E-state index in [-0.39, 0.29) is 5.56 Å². The fourth-order valence-electron chi connectivity index (χ4n) is 3.50. The van der Waals surface area contributed by atoms with Crippen molar-refractivity contribution in [1.82, 2.24) is 4.98 Å². The molecule has 2 heterocycles. The highest BCUT2D eigenvalue weighted by Gasteiger charge is 2.22. The lowest BCUT2D eigenvalue weighted by Gasteiger charge is -2.30. The van der Waals surface area contributed by atoms with Gasteiger partial charge in [0.1, 0.15) is 11.6 Å². The third kappa shape index (κ3) is 2.91. The highest BCUT2D eigenvalue weighted by Crippen LogP contribution is 2.32. The molecule has 0 fully saturated rings. The van der Waals surface area contributed by atoms with Crippen LogP contribution < -0.4 is 4.90 Å². The van der Waals surface area contributed by atoms with Gasteiger partial charge < -0.3 is 9.88 Å². The zero-order valence-corrected chi connectivity index (χ0v) is 14.5. The first kappa shape index (κ1) is 16.2. The van der Waals surface area contributed by atoms with Gasteiger partial charge in [0.05, 0.1) is 11.3 Å². The van der Waals surface area contributed by atoms with Gasteiger partial charge in [0.15, 0.2) is 0 Å². The molecule has 1 aliphatic rings. The molecule has 2 nitrogen and oxygen atoms in total. The smallest absolute Gasteiger partial charge is 0.135 e. The molecule has 4 rings (SSSR count). The van der Waals surface area contributed by atoms with Crippen molar-refractivity contribution in [2.45, 2.75) is 19.9 Å². The third-order valence-electron chi connectivity index (χ3n) is 4.72. The molecule has 5 heteroatoms. The zero-order chi connectivity index (χ0) is 17.6. The van der Waals surface area contributed by atoms with Crippen LogP contribution in [0.2, 0.25) is 5.02 Å². The molecule has 0 spiro atoms. The van der Waals surface area contributed by atoms with Gasteiger partial charge in [-0.3, -0.25) is 0 Å². The van der Waals surface area contributed by atoms with E-state index in [1.165, 1.54) is 18.2 Å². The molecule has 0 amide bonds. The zero-order valence-electron chi connectivity index (χ0n) is 13.7. The minimum atomic E-state index is -0.552. The van der Waals surface area contributed by atoms with Gasteiger partial charge in [-0.15, -0.1) is 0 Å². The van der Waals surface area contributed by atoms with Crippen LogP contribution >= 0.6 is 11.6 Å². The maximum absolute atomic E-state index is 14.1. The number of nitrogens with zero attached hydrogens (tertiary/aromatic N) is 1. The molecule has 0 aliphatic carbocycles. The van der Waals surface area contributed by atoms with E-state index in [4.69, 9.17) is 11.6 Å². The number of aromatic nitrogens is 1. The van der Waals surface area contributed by atoms with Crippen molar-refractivity contribution < 1.29 is 8.78 Å². The van der Waals surface area contributed by atoms with Gasteiger partial charge in [-0.2, -0.15) is 0 Å². The molecule has 0 atom stereocenters. The highest BCUT2D eigenvalue weighted by atomic mass is 35.5. The van der Waals surface area contributed by atoms with E-state index < -0.39 is 11.6 Å². The summed E-state index contributed by atoms with van der Waals surface area (Å²) in [4.78, 5) is 5.47. The lowest BCUT2D eigenvalue weighted by Crippen LogP contribution is -2.30. The number of halogens is 3. The molecular formula is C20H17ClF2N2. The highest BCUT2D eigenvalue weighted by molar-refractivity contribution is 6.30. The lowest BCUT2D eigenvalue weighted by molar-refractivity contribution is 0.589. The summed E-state index contributed by atoms with van der Waals surface area (Å²) in [5, 5.41) is 0.720. The predicted octanol–water partition coefficient (Wildman–Crippen LogP) is 5.48. The Kier molecular flexibility index (Phi) is 4.00. The number of benzene rings is 2. The monoisotopic (exact) mass is 358 g/mol. The van der Waals surface area contributed by atoms with E-state index in [1.54, 1.807) is 0 Å². The Morgan fingerprint density at radius 2 is 1.84 bits per heavy atom. The third-order valence-corrected chi connectivity index (χ3v) is 4.95. The SMILES string of the molecule is Cc1cc(Cl)ccc1N1CCc2[nH]c(-c3c(F)cccc3F)cc2C1. The van der Waals surface area contributed by atoms with Crippen LogP contribution in [0.15, 0.2) is 42.5 Å². The molecule has 25 heavy (non-hydrogen) atoms. The van der Waals surface area contributed by atoms with Crippen molar-refractivity contribution in [2.75, 3.05) is 11.4 Å². The quantitative estimate of drug-likeness (QED) is 0.642. The average molecular weight is 359 g/mol. The molecule has 0 radical (unpaired) electrons. The Morgan fingerprint density at radius 3 is 2.56 bits per heavy atom. The van der Waals surface area contributed by atoms with Crippen LogP contribution in [0.1, 0.15) is 16.8 Å². The van der Waals surface area contributed by atoms with Gasteiger partial charge in [-0.25, -0.2) is 8.78 Å². The summed E-state index contributed by atoms with van der Waals surface area (Å²) in [5.74, 6) is -1.10. The van der Waals surface area contributed by atoms with E-state index in [2.05, 4.69) is 9.88 Å². The molecule has 0 bridgehead atoms. The molecule has 1 N–H and O–H groups in total. The van der Waals surface area contributed by atoms with Gasteiger partial charge in [-0.1, -0.05) is 17.7 Å². The van der Waals surface area contributed by atoms with Crippen LogP contribution in [-0.4, -0.2) is 11.5 Å². The van der Waals surface area contributed by atoms with E-state index in [0.29, 0.717) is 12.2 Å². The maximum atomic E-state index is 14.1. The summed E-state index contributed by atoms with van der Waals surface area (Å²) in [7, 11) is 0. The number of fused-ring (bicyclic) bond motifs is 1. The Morgan fingerprint density at radius 1 is 1.08 bits per heavy atom. The first-order valence-corrected chi connectivity index (χ1v) is 8.57. The first-order chi connectivity index (χ1) is 12.0. The molecule has 0 saturated heterocycles. The largest absolute Gasteiger partial charge is 0.367 e. The van der Waals surface area contributed by atoms with Crippen LogP contribution in [-0.2, 0) is 13.0 Å². The maximum Gasteiger partial charge on any atom is 0.135 e. The second kappa shape index (κ2) is 6.19. The summed E-state index contributed by atoms with van der Waals surface area (Å²) in [6.45, 7) is 3.58. The summed E-state index contributed by atoms with van der Waals surface area (Å²) in [6.07, 6.45) is 0.799.